The molecule has 5 aromatic rings. The first-order chi connectivity index (χ1) is 28.9. The molecule has 6 rings (SSSR count). The SMILES string of the molecule is CCCCCCCCCCCCOC(=O)c1cc(/N=C2/c3cc(C)sc3-c3sc(-c4ccc(C)c5nsnc45)cc32)cc(C(=O)OCCCCCCCCCCCC)c1. The first-order valence-electron chi connectivity index (χ1n) is 22.4. The lowest BCUT2D eigenvalue weighted by Crippen LogP contribution is -2.11. The monoisotopic (exact) mass is 853 g/mol. The lowest BCUT2D eigenvalue weighted by Gasteiger charge is -2.10. The molecule has 0 saturated heterocycles. The number of aromatic nitrogens is 2. The number of hydrogen-bond acceptors (Lipinski definition) is 10. The van der Waals surface area contributed by atoms with E-state index in [9.17, 15) is 9.59 Å². The van der Waals surface area contributed by atoms with Crippen molar-refractivity contribution >= 4 is 68.8 Å². The number of hydrogen-bond donors (Lipinski definition) is 0. The van der Waals surface area contributed by atoms with Gasteiger partial charge in [0, 0.05) is 26.4 Å². The van der Waals surface area contributed by atoms with Gasteiger partial charge in [0.15, 0.2) is 0 Å². The Morgan fingerprint density at radius 1 is 0.559 bits per heavy atom. The van der Waals surface area contributed by atoms with Crippen LogP contribution in [0.25, 0.3) is 31.2 Å². The van der Waals surface area contributed by atoms with E-state index in [1.54, 1.807) is 40.9 Å². The maximum Gasteiger partial charge on any atom is 0.338 e. The Labute approximate surface area is 364 Å². The number of esters is 2. The molecule has 0 atom stereocenters. The van der Waals surface area contributed by atoms with Gasteiger partial charge in [-0.3, -0.25) is 0 Å². The van der Waals surface area contributed by atoms with Crippen molar-refractivity contribution in [1.82, 2.24) is 8.75 Å². The summed E-state index contributed by atoms with van der Waals surface area (Å²) < 4.78 is 20.8. The number of carbonyl (C=O) groups is 2. The fraction of sp³-hybridized carbons (Fsp3) is 0.531. The van der Waals surface area contributed by atoms with Crippen molar-refractivity contribution in [2.24, 2.45) is 4.99 Å². The van der Waals surface area contributed by atoms with Gasteiger partial charge in [0.05, 0.1) is 57.2 Å². The smallest absolute Gasteiger partial charge is 0.338 e. The molecule has 3 aromatic heterocycles. The van der Waals surface area contributed by atoms with E-state index in [4.69, 9.17) is 14.5 Å². The van der Waals surface area contributed by atoms with Gasteiger partial charge in [-0.25, -0.2) is 14.6 Å². The second-order valence-corrected chi connectivity index (χ2v) is 19.0. The molecular formula is C49H63N3O4S3. The second kappa shape index (κ2) is 23.3. The van der Waals surface area contributed by atoms with Gasteiger partial charge in [0.25, 0.3) is 0 Å². The molecular weight excluding hydrogens is 791 g/mol. The molecule has 0 aliphatic heterocycles. The predicted octanol–water partition coefficient (Wildman–Crippen LogP) is 15.4. The molecule has 316 valence electrons. The third-order valence-electron chi connectivity index (χ3n) is 11.3. The molecule has 59 heavy (non-hydrogen) atoms. The quantitative estimate of drug-likeness (QED) is 0.0399. The van der Waals surface area contributed by atoms with Crippen LogP contribution in [0.3, 0.4) is 0 Å². The molecule has 3 heterocycles. The molecule has 0 radical (unpaired) electrons. The maximum absolute atomic E-state index is 13.6. The summed E-state index contributed by atoms with van der Waals surface area (Å²) in [4.78, 5) is 37.0. The van der Waals surface area contributed by atoms with E-state index in [0.717, 1.165) is 82.4 Å². The molecule has 10 heteroatoms. The number of thiophene rings is 2. The Kier molecular flexibility index (Phi) is 17.7. The van der Waals surface area contributed by atoms with Gasteiger partial charge in [-0.15, -0.1) is 22.7 Å². The number of rotatable bonds is 26. The summed E-state index contributed by atoms with van der Waals surface area (Å²) in [6.45, 7) is 9.39. The van der Waals surface area contributed by atoms with Crippen LogP contribution in [0.4, 0.5) is 5.69 Å². The van der Waals surface area contributed by atoms with Gasteiger partial charge < -0.3 is 9.47 Å². The van der Waals surface area contributed by atoms with Crippen LogP contribution in [-0.4, -0.2) is 39.6 Å². The summed E-state index contributed by atoms with van der Waals surface area (Å²) in [7, 11) is 0. The Morgan fingerprint density at radius 3 is 1.61 bits per heavy atom. The standard InChI is InChI=1S/C49H63N3O4S3/c1-5-7-9-11-13-15-17-19-21-23-27-55-48(53)36-30-37(49(54)56-28-24-22-20-18-16-14-12-10-8-6-2)32-38(31-36)50-44-40-29-35(4)57-46(40)47-41(44)33-42(58-47)39-26-25-34(3)43-45(39)52-59-51-43/h25-26,29-33H,5-24,27-28H2,1-4H3/b50-44-. The van der Waals surface area contributed by atoms with Crippen LogP contribution in [0.5, 0.6) is 0 Å². The van der Waals surface area contributed by atoms with Crippen LogP contribution < -0.4 is 0 Å². The molecule has 0 amide bonds. The van der Waals surface area contributed by atoms with E-state index in [-0.39, 0.29) is 0 Å². The molecule has 2 aromatic carbocycles. The number of unbranched alkanes of at least 4 members (excludes halogenated alkanes) is 18. The average Bonchev–Trinajstić information content (AvgIpc) is 4.03. The molecule has 0 N–H and O–H groups in total. The highest BCUT2D eigenvalue weighted by Crippen LogP contribution is 2.50. The fourth-order valence-corrected chi connectivity index (χ4v) is 10.9. The summed E-state index contributed by atoms with van der Waals surface area (Å²) in [5, 5.41) is 0. The van der Waals surface area contributed by atoms with E-state index in [0.29, 0.717) is 30.0 Å². The summed E-state index contributed by atoms with van der Waals surface area (Å²) >= 11 is 4.75. The van der Waals surface area contributed by atoms with Crippen molar-refractivity contribution in [3.8, 4) is 20.2 Å². The van der Waals surface area contributed by atoms with Gasteiger partial charge in [-0.2, -0.15) is 8.75 Å². The van der Waals surface area contributed by atoms with Crippen LogP contribution in [-0.2, 0) is 9.47 Å². The highest BCUT2D eigenvalue weighted by molar-refractivity contribution is 7.25. The molecule has 0 unspecified atom stereocenters. The molecule has 7 nitrogen and oxygen atoms in total. The summed E-state index contributed by atoms with van der Waals surface area (Å²) in [5.41, 5.74) is 8.13. The van der Waals surface area contributed by atoms with Gasteiger partial charge in [0.2, 0.25) is 0 Å². The van der Waals surface area contributed by atoms with Crippen molar-refractivity contribution in [3.05, 3.63) is 75.2 Å². The van der Waals surface area contributed by atoms with E-state index in [1.807, 2.05) is 0 Å². The Hall–Kier alpha value is -3.73. The normalized spacial score (nSPS) is 12.7. The zero-order chi connectivity index (χ0) is 41.4. The minimum atomic E-state index is -0.441. The van der Waals surface area contributed by atoms with Gasteiger partial charge in [-0.1, -0.05) is 142 Å². The van der Waals surface area contributed by atoms with Crippen molar-refractivity contribution in [2.75, 3.05) is 13.2 Å². The number of aryl methyl sites for hydroxylation is 2. The first-order valence-corrected chi connectivity index (χ1v) is 24.8. The van der Waals surface area contributed by atoms with E-state index < -0.39 is 11.9 Å². The van der Waals surface area contributed by atoms with E-state index >= 15 is 0 Å². The number of nitrogens with zero attached hydrogens (tertiary/aromatic N) is 3. The molecule has 0 spiro atoms. The predicted molar refractivity (Wildman–Crippen MR) is 250 cm³/mol. The molecule has 1 aliphatic carbocycles. The van der Waals surface area contributed by atoms with Crippen LogP contribution in [0.15, 0.2) is 47.5 Å². The van der Waals surface area contributed by atoms with Crippen LogP contribution in [0.1, 0.15) is 185 Å². The zero-order valence-corrected chi connectivity index (χ0v) is 38.2. The third kappa shape index (κ3) is 12.4. The zero-order valence-electron chi connectivity index (χ0n) is 35.8. The maximum atomic E-state index is 13.6. The first kappa shape index (κ1) is 44.8. The molecule has 1 aliphatic rings. The third-order valence-corrected chi connectivity index (χ3v) is 14.2. The minimum absolute atomic E-state index is 0.314. The largest absolute Gasteiger partial charge is 0.462 e. The average molecular weight is 854 g/mol. The summed E-state index contributed by atoms with van der Waals surface area (Å²) in [5.74, 6) is -0.882. The molecule has 0 saturated carbocycles. The highest BCUT2D eigenvalue weighted by atomic mass is 32.1. The number of fused-ring (bicyclic) bond motifs is 4. The van der Waals surface area contributed by atoms with Crippen LogP contribution in [0.2, 0.25) is 0 Å². The van der Waals surface area contributed by atoms with Gasteiger partial charge in [0.1, 0.15) is 11.0 Å². The molecule has 0 bridgehead atoms. The number of benzene rings is 2. The minimum Gasteiger partial charge on any atom is -0.462 e. The summed E-state index contributed by atoms with van der Waals surface area (Å²) in [6, 6.07) is 13.7. The number of carbonyl (C=O) groups excluding carboxylic acids is 2. The van der Waals surface area contributed by atoms with E-state index in [1.165, 1.54) is 116 Å². The van der Waals surface area contributed by atoms with Crippen LogP contribution in [0, 0.1) is 13.8 Å². The highest BCUT2D eigenvalue weighted by Gasteiger charge is 2.31. The van der Waals surface area contributed by atoms with E-state index in [2.05, 4.69) is 60.7 Å². The van der Waals surface area contributed by atoms with Crippen molar-refractivity contribution in [1.29, 1.82) is 0 Å². The molecule has 0 fully saturated rings. The van der Waals surface area contributed by atoms with Crippen molar-refractivity contribution in [3.63, 3.8) is 0 Å². The van der Waals surface area contributed by atoms with Crippen molar-refractivity contribution < 1.29 is 19.1 Å². The lowest BCUT2D eigenvalue weighted by atomic mass is 10.1. The van der Waals surface area contributed by atoms with Crippen LogP contribution >= 0.6 is 34.4 Å². The van der Waals surface area contributed by atoms with Gasteiger partial charge in [-0.05, 0) is 62.6 Å². The Balaban J connectivity index is 1.16. The number of ether oxygens (including phenoxy) is 2. The summed E-state index contributed by atoms with van der Waals surface area (Å²) in [6.07, 6.45) is 24.2. The van der Waals surface area contributed by atoms with Gasteiger partial charge >= 0.3 is 11.9 Å². The topological polar surface area (TPSA) is 90.7 Å². The number of aliphatic imine (C=N–C) groups is 1. The van der Waals surface area contributed by atoms with Crippen molar-refractivity contribution in [2.45, 2.75) is 156 Å². The Bertz CT molecular complexity index is 2110. The lowest BCUT2D eigenvalue weighted by molar-refractivity contribution is 0.0496. The Morgan fingerprint density at radius 2 is 1.05 bits per heavy atom. The fourth-order valence-electron chi connectivity index (χ4n) is 7.90. The second-order valence-electron chi connectivity index (χ2n) is 16.2.